The van der Waals surface area contributed by atoms with E-state index >= 15 is 0 Å². The van der Waals surface area contributed by atoms with Crippen molar-refractivity contribution in [2.75, 3.05) is 13.2 Å². The van der Waals surface area contributed by atoms with Crippen molar-refractivity contribution < 1.29 is 14.6 Å². The van der Waals surface area contributed by atoms with Gasteiger partial charge in [-0.1, -0.05) is 13.8 Å². The molecular formula is C12H18O3. The van der Waals surface area contributed by atoms with E-state index in [0.717, 1.165) is 12.8 Å². The molecule has 0 aliphatic carbocycles. The maximum Gasteiger partial charge on any atom is 0.164 e. The van der Waals surface area contributed by atoms with Crippen LogP contribution in [-0.2, 0) is 0 Å². The Hall–Kier alpha value is -1.38. The minimum Gasteiger partial charge on any atom is -0.508 e. The van der Waals surface area contributed by atoms with Gasteiger partial charge in [0.05, 0.1) is 13.2 Å². The topological polar surface area (TPSA) is 38.7 Å². The minimum atomic E-state index is 0.199. The van der Waals surface area contributed by atoms with E-state index < -0.39 is 0 Å². The summed E-state index contributed by atoms with van der Waals surface area (Å²) in [5, 5.41) is 9.33. The number of benzene rings is 1. The molecule has 1 aromatic carbocycles. The van der Waals surface area contributed by atoms with Gasteiger partial charge in [-0.2, -0.15) is 0 Å². The normalized spacial score (nSPS) is 10.0. The highest BCUT2D eigenvalue weighted by Crippen LogP contribution is 2.31. The Morgan fingerprint density at radius 3 is 2.20 bits per heavy atom. The average molecular weight is 210 g/mol. The Kier molecular flexibility index (Phi) is 4.81. The van der Waals surface area contributed by atoms with Gasteiger partial charge in [-0.25, -0.2) is 0 Å². The maximum atomic E-state index is 9.33. The van der Waals surface area contributed by atoms with Crippen molar-refractivity contribution >= 4 is 0 Å². The van der Waals surface area contributed by atoms with E-state index in [4.69, 9.17) is 9.47 Å². The molecule has 0 bridgehead atoms. The number of phenolic OH excluding ortho intramolecular Hbond substituents is 1. The Morgan fingerprint density at radius 1 is 1.00 bits per heavy atom. The molecule has 0 aromatic heterocycles. The van der Waals surface area contributed by atoms with Crippen LogP contribution in [-0.4, -0.2) is 18.3 Å². The van der Waals surface area contributed by atoms with Crippen LogP contribution in [0.1, 0.15) is 26.7 Å². The van der Waals surface area contributed by atoms with Gasteiger partial charge >= 0.3 is 0 Å². The summed E-state index contributed by atoms with van der Waals surface area (Å²) in [6.07, 6.45) is 1.89. The van der Waals surface area contributed by atoms with Gasteiger partial charge in [0, 0.05) is 6.07 Å². The van der Waals surface area contributed by atoms with Crippen molar-refractivity contribution in [2.45, 2.75) is 26.7 Å². The lowest BCUT2D eigenvalue weighted by atomic mass is 10.3. The van der Waals surface area contributed by atoms with Crippen molar-refractivity contribution in [3.8, 4) is 17.2 Å². The van der Waals surface area contributed by atoms with E-state index in [9.17, 15) is 5.11 Å². The smallest absolute Gasteiger partial charge is 0.164 e. The van der Waals surface area contributed by atoms with Gasteiger partial charge in [0.15, 0.2) is 11.5 Å². The lowest BCUT2D eigenvalue weighted by Gasteiger charge is -2.11. The Bertz CT molecular complexity index is 297. The molecule has 3 heteroatoms. The van der Waals surface area contributed by atoms with Crippen molar-refractivity contribution in [3.63, 3.8) is 0 Å². The van der Waals surface area contributed by atoms with Gasteiger partial charge in [-0.3, -0.25) is 0 Å². The zero-order valence-corrected chi connectivity index (χ0v) is 9.32. The van der Waals surface area contributed by atoms with Crippen molar-refractivity contribution in [3.05, 3.63) is 18.2 Å². The zero-order valence-electron chi connectivity index (χ0n) is 9.32. The molecule has 0 amide bonds. The number of hydrogen-bond acceptors (Lipinski definition) is 3. The number of hydrogen-bond donors (Lipinski definition) is 1. The third kappa shape index (κ3) is 3.70. The lowest BCUT2D eigenvalue weighted by Crippen LogP contribution is -2.00. The quantitative estimate of drug-likeness (QED) is 0.784. The minimum absolute atomic E-state index is 0.199. The van der Waals surface area contributed by atoms with Crippen LogP contribution in [0.3, 0.4) is 0 Å². The molecule has 0 atom stereocenters. The van der Waals surface area contributed by atoms with Crippen LogP contribution < -0.4 is 9.47 Å². The first-order valence-electron chi connectivity index (χ1n) is 5.36. The molecule has 84 valence electrons. The first kappa shape index (κ1) is 11.7. The molecule has 0 heterocycles. The monoisotopic (exact) mass is 210 g/mol. The summed E-state index contributed by atoms with van der Waals surface area (Å²) in [6.45, 7) is 5.38. The molecule has 1 rings (SSSR count). The van der Waals surface area contributed by atoms with Gasteiger partial charge in [0.1, 0.15) is 5.75 Å². The van der Waals surface area contributed by atoms with Crippen molar-refractivity contribution in [1.29, 1.82) is 0 Å². The van der Waals surface area contributed by atoms with E-state index in [-0.39, 0.29) is 5.75 Å². The molecule has 1 aromatic rings. The summed E-state index contributed by atoms with van der Waals surface area (Å²) in [4.78, 5) is 0. The molecule has 0 saturated carbocycles. The fraction of sp³-hybridized carbons (Fsp3) is 0.500. The molecule has 0 saturated heterocycles. The molecule has 0 spiro atoms. The number of rotatable bonds is 6. The van der Waals surface area contributed by atoms with Crippen LogP contribution in [0, 0.1) is 0 Å². The highest BCUT2D eigenvalue weighted by Gasteiger charge is 2.05. The standard InChI is InChI=1S/C12H18O3/c1-3-7-14-11-6-5-10(13)9-12(11)15-8-4-2/h5-6,9,13H,3-4,7-8H2,1-2H3. The fourth-order valence-corrected chi connectivity index (χ4v) is 1.15. The van der Waals surface area contributed by atoms with Gasteiger partial charge in [-0.05, 0) is 25.0 Å². The molecule has 0 fully saturated rings. The molecule has 15 heavy (non-hydrogen) atoms. The van der Waals surface area contributed by atoms with E-state index in [2.05, 4.69) is 0 Å². The van der Waals surface area contributed by atoms with E-state index in [1.54, 1.807) is 18.2 Å². The first-order chi connectivity index (χ1) is 7.27. The van der Waals surface area contributed by atoms with Crippen LogP contribution in [0.4, 0.5) is 0 Å². The molecule has 0 radical (unpaired) electrons. The van der Waals surface area contributed by atoms with Crippen molar-refractivity contribution in [2.24, 2.45) is 0 Å². The van der Waals surface area contributed by atoms with Crippen LogP contribution >= 0.6 is 0 Å². The van der Waals surface area contributed by atoms with Crippen LogP contribution in [0.15, 0.2) is 18.2 Å². The van der Waals surface area contributed by atoms with Gasteiger partial charge in [0.2, 0.25) is 0 Å². The molecule has 1 N–H and O–H groups in total. The van der Waals surface area contributed by atoms with E-state index in [0.29, 0.717) is 24.7 Å². The molecule has 0 aliphatic heterocycles. The van der Waals surface area contributed by atoms with Crippen LogP contribution in [0.2, 0.25) is 0 Å². The third-order valence-corrected chi connectivity index (χ3v) is 1.85. The van der Waals surface area contributed by atoms with Crippen molar-refractivity contribution in [1.82, 2.24) is 0 Å². The van der Waals surface area contributed by atoms with Crippen LogP contribution in [0.5, 0.6) is 17.2 Å². The summed E-state index contributed by atoms with van der Waals surface area (Å²) < 4.78 is 11.0. The second-order valence-electron chi connectivity index (χ2n) is 3.33. The average Bonchev–Trinajstić information content (AvgIpc) is 2.25. The second-order valence-corrected chi connectivity index (χ2v) is 3.33. The van der Waals surface area contributed by atoms with Crippen LogP contribution in [0.25, 0.3) is 0 Å². The predicted molar refractivity (Wildman–Crippen MR) is 59.7 cm³/mol. The maximum absolute atomic E-state index is 9.33. The number of aromatic hydroxyl groups is 1. The van der Waals surface area contributed by atoms with Gasteiger partial charge in [-0.15, -0.1) is 0 Å². The predicted octanol–water partition coefficient (Wildman–Crippen LogP) is 2.97. The lowest BCUT2D eigenvalue weighted by molar-refractivity contribution is 0.267. The SMILES string of the molecule is CCCOc1ccc(O)cc1OCCC. The summed E-state index contributed by atoms with van der Waals surface area (Å²) in [6, 6.07) is 4.92. The van der Waals surface area contributed by atoms with E-state index in [1.165, 1.54) is 0 Å². The highest BCUT2D eigenvalue weighted by atomic mass is 16.5. The Labute approximate surface area is 90.6 Å². The molecular weight excluding hydrogens is 192 g/mol. The number of phenols is 1. The largest absolute Gasteiger partial charge is 0.508 e. The summed E-state index contributed by atoms with van der Waals surface area (Å²) >= 11 is 0. The summed E-state index contributed by atoms with van der Waals surface area (Å²) in [5.41, 5.74) is 0. The Morgan fingerprint density at radius 2 is 1.60 bits per heavy atom. The first-order valence-corrected chi connectivity index (χ1v) is 5.36. The summed E-state index contributed by atoms with van der Waals surface area (Å²) in [7, 11) is 0. The van der Waals surface area contributed by atoms with Gasteiger partial charge in [0.25, 0.3) is 0 Å². The fourth-order valence-electron chi connectivity index (χ4n) is 1.15. The van der Waals surface area contributed by atoms with E-state index in [1.807, 2.05) is 13.8 Å². The number of ether oxygens (including phenoxy) is 2. The zero-order chi connectivity index (χ0) is 11.1. The van der Waals surface area contributed by atoms with Gasteiger partial charge < -0.3 is 14.6 Å². The Balaban J connectivity index is 2.73. The second kappa shape index (κ2) is 6.17. The molecule has 0 aliphatic rings. The highest BCUT2D eigenvalue weighted by molar-refractivity contribution is 5.44. The summed E-state index contributed by atoms with van der Waals surface area (Å²) in [5.74, 6) is 1.51. The molecule has 0 unspecified atom stereocenters. The molecule has 3 nitrogen and oxygen atoms in total. The third-order valence-electron chi connectivity index (χ3n) is 1.85.